The SMILES string of the molecule is O=C(NCC1CC1)[C@H]1CC[C@@H]2[C@@H](CCN2Cc2ccccc2F)O1. The first-order chi connectivity index (χ1) is 11.7. The topological polar surface area (TPSA) is 41.6 Å². The summed E-state index contributed by atoms with van der Waals surface area (Å²) >= 11 is 0. The molecule has 3 atom stereocenters. The van der Waals surface area contributed by atoms with Crippen molar-refractivity contribution in [2.24, 2.45) is 5.92 Å². The summed E-state index contributed by atoms with van der Waals surface area (Å²) < 4.78 is 20.0. The van der Waals surface area contributed by atoms with E-state index >= 15 is 0 Å². The molecule has 2 aliphatic heterocycles. The first kappa shape index (κ1) is 16.0. The molecule has 2 saturated heterocycles. The fourth-order valence-electron chi connectivity index (χ4n) is 3.93. The first-order valence-corrected chi connectivity index (χ1v) is 9.11. The largest absolute Gasteiger partial charge is 0.363 e. The summed E-state index contributed by atoms with van der Waals surface area (Å²) in [5.74, 6) is 0.593. The number of nitrogens with zero attached hydrogens (tertiary/aromatic N) is 1. The number of rotatable bonds is 5. The minimum atomic E-state index is -0.307. The Morgan fingerprint density at radius 1 is 1.21 bits per heavy atom. The maximum atomic E-state index is 13.9. The molecular weight excluding hydrogens is 307 g/mol. The van der Waals surface area contributed by atoms with Gasteiger partial charge in [0.2, 0.25) is 5.91 Å². The van der Waals surface area contributed by atoms with Crippen molar-refractivity contribution in [3.8, 4) is 0 Å². The van der Waals surface area contributed by atoms with Crippen LogP contribution in [0.15, 0.2) is 24.3 Å². The summed E-state index contributed by atoms with van der Waals surface area (Å²) in [6.45, 7) is 2.32. The van der Waals surface area contributed by atoms with Gasteiger partial charge in [-0.15, -0.1) is 0 Å². The Hall–Kier alpha value is -1.46. The first-order valence-electron chi connectivity index (χ1n) is 9.11. The van der Waals surface area contributed by atoms with Gasteiger partial charge in [0.05, 0.1) is 6.10 Å². The third kappa shape index (κ3) is 3.47. The number of amides is 1. The highest BCUT2D eigenvalue weighted by Gasteiger charge is 2.41. The van der Waals surface area contributed by atoms with E-state index in [-0.39, 0.29) is 23.9 Å². The molecule has 3 fully saturated rings. The number of ether oxygens (including phenoxy) is 1. The van der Waals surface area contributed by atoms with E-state index in [0.29, 0.717) is 18.5 Å². The van der Waals surface area contributed by atoms with E-state index in [9.17, 15) is 9.18 Å². The van der Waals surface area contributed by atoms with E-state index in [4.69, 9.17) is 4.74 Å². The second-order valence-corrected chi connectivity index (χ2v) is 7.35. The number of likely N-dealkylation sites (tertiary alicyclic amines) is 1. The lowest BCUT2D eigenvalue weighted by atomic mass is 9.98. The molecule has 1 aromatic rings. The highest BCUT2D eigenvalue weighted by Crippen LogP contribution is 2.33. The summed E-state index contributed by atoms with van der Waals surface area (Å²) in [6.07, 6.45) is 4.89. The predicted octanol–water partition coefficient (Wildman–Crippen LogP) is 2.47. The number of benzene rings is 1. The normalized spacial score (nSPS) is 30.1. The molecule has 1 N–H and O–H groups in total. The van der Waals surface area contributed by atoms with Crippen LogP contribution >= 0.6 is 0 Å². The highest BCUT2D eigenvalue weighted by molar-refractivity contribution is 5.80. The second kappa shape index (κ2) is 6.81. The van der Waals surface area contributed by atoms with Crippen LogP contribution in [-0.4, -0.2) is 42.1 Å². The van der Waals surface area contributed by atoms with Crippen molar-refractivity contribution in [2.45, 2.75) is 56.9 Å². The molecule has 4 rings (SSSR count). The van der Waals surface area contributed by atoms with Gasteiger partial charge in [-0.25, -0.2) is 4.39 Å². The molecule has 0 radical (unpaired) electrons. The van der Waals surface area contributed by atoms with E-state index in [1.807, 2.05) is 12.1 Å². The average Bonchev–Trinajstić information content (AvgIpc) is 3.35. The summed E-state index contributed by atoms with van der Waals surface area (Å²) in [7, 11) is 0. The van der Waals surface area contributed by atoms with Gasteiger partial charge in [0, 0.05) is 31.2 Å². The molecule has 1 aliphatic carbocycles. The van der Waals surface area contributed by atoms with Crippen molar-refractivity contribution >= 4 is 5.91 Å². The standard InChI is InChI=1S/C19H25FN2O2/c20-15-4-2-1-3-14(15)12-22-10-9-17-16(22)7-8-18(24-17)19(23)21-11-13-5-6-13/h1-4,13,16-18H,5-12H2,(H,21,23)/t16-,17-,18-/m1/s1. The van der Waals surface area contributed by atoms with Gasteiger partial charge in [-0.3, -0.25) is 9.69 Å². The Labute approximate surface area is 142 Å². The maximum absolute atomic E-state index is 13.9. The molecule has 0 bridgehead atoms. The van der Waals surface area contributed by atoms with Gasteiger partial charge >= 0.3 is 0 Å². The molecule has 1 saturated carbocycles. The molecule has 1 aromatic carbocycles. The van der Waals surface area contributed by atoms with Crippen LogP contribution in [0.25, 0.3) is 0 Å². The van der Waals surface area contributed by atoms with Crippen LogP contribution in [0.2, 0.25) is 0 Å². The number of hydrogen-bond acceptors (Lipinski definition) is 3. The van der Waals surface area contributed by atoms with Gasteiger partial charge in [0.15, 0.2) is 0 Å². The van der Waals surface area contributed by atoms with Crippen LogP contribution in [0.3, 0.4) is 0 Å². The van der Waals surface area contributed by atoms with E-state index in [2.05, 4.69) is 10.2 Å². The molecule has 5 heteroatoms. The molecular formula is C19H25FN2O2. The molecule has 0 unspecified atom stereocenters. The van der Waals surface area contributed by atoms with Crippen LogP contribution in [0.1, 0.15) is 37.7 Å². The third-order valence-electron chi connectivity index (χ3n) is 5.55. The van der Waals surface area contributed by atoms with Gasteiger partial charge in [-0.2, -0.15) is 0 Å². The molecule has 1 amide bonds. The van der Waals surface area contributed by atoms with Gasteiger partial charge in [-0.05, 0) is 44.1 Å². The van der Waals surface area contributed by atoms with Crippen LogP contribution in [-0.2, 0) is 16.1 Å². The Morgan fingerprint density at radius 2 is 2.04 bits per heavy atom. The Morgan fingerprint density at radius 3 is 2.83 bits per heavy atom. The highest BCUT2D eigenvalue weighted by atomic mass is 19.1. The van der Waals surface area contributed by atoms with E-state index in [0.717, 1.165) is 37.9 Å². The summed E-state index contributed by atoms with van der Waals surface area (Å²) in [5.41, 5.74) is 0.738. The van der Waals surface area contributed by atoms with Gasteiger partial charge in [0.1, 0.15) is 11.9 Å². The fourth-order valence-corrected chi connectivity index (χ4v) is 3.93. The zero-order valence-electron chi connectivity index (χ0n) is 13.9. The number of hydrogen-bond donors (Lipinski definition) is 1. The Balaban J connectivity index is 1.32. The summed E-state index contributed by atoms with van der Waals surface area (Å²) in [4.78, 5) is 14.5. The minimum Gasteiger partial charge on any atom is -0.363 e. The van der Waals surface area contributed by atoms with Crippen LogP contribution in [0, 0.1) is 11.7 Å². The lowest BCUT2D eigenvalue weighted by Crippen LogP contribution is -2.48. The Kier molecular flexibility index (Phi) is 4.55. The number of nitrogens with one attached hydrogen (secondary N) is 1. The Bertz CT molecular complexity index is 605. The fraction of sp³-hybridized carbons (Fsp3) is 0.632. The molecule has 24 heavy (non-hydrogen) atoms. The zero-order valence-corrected chi connectivity index (χ0v) is 13.9. The molecule has 0 spiro atoms. The van der Waals surface area contributed by atoms with E-state index < -0.39 is 0 Å². The second-order valence-electron chi connectivity index (χ2n) is 7.35. The van der Waals surface area contributed by atoms with Gasteiger partial charge < -0.3 is 10.1 Å². The van der Waals surface area contributed by atoms with Crippen molar-refractivity contribution in [1.29, 1.82) is 0 Å². The van der Waals surface area contributed by atoms with Crippen molar-refractivity contribution in [3.05, 3.63) is 35.6 Å². The summed E-state index contributed by atoms with van der Waals surface area (Å²) in [6, 6.07) is 7.27. The van der Waals surface area contributed by atoms with E-state index in [1.165, 1.54) is 18.9 Å². The zero-order chi connectivity index (χ0) is 16.5. The van der Waals surface area contributed by atoms with Crippen molar-refractivity contribution in [2.75, 3.05) is 13.1 Å². The number of halogens is 1. The van der Waals surface area contributed by atoms with Crippen molar-refractivity contribution in [3.63, 3.8) is 0 Å². The molecule has 4 nitrogen and oxygen atoms in total. The molecule has 2 heterocycles. The lowest BCUT2D eigenvalue weighted by Gasteiger charge is -2.35. The average molecular weight is 332 g/mol. The van der Waals surface area contributed by atoms with Crippen LogP contribution < -0.4 is 5.32 Å². The van der Waals surface area contributed by atoms with Crippen molar-refractivity contribution in [1.82, 2.24) is 10.2 Å². The molecule has 130 valence electrons. The molecule has 3 aliphatic rings. The maximum Gasteiger partial charge on any atom is 0.249 e. The lowest BCUT2D eigenvalue weighted by molar-refractivity contribution is -0.144. The van der Waals surface area contributed by atoms with Gasteiger partial charge in [-0.1, -0.05) is 18.2 Å². The smallest absolute Gasteiger partial charge is 0.249 e. The number of fused-ring (bicyclic) bond motifs is 1. The van der Waals surface area contributed by atoms with Gasteiger partial charge in [0.25, 0.3) is 0 Å². The van der Waals surface area contributed by atoms with Crippen LogP contribution in [0.5, 0.6) is 0 Å². The molecule has 0 aromatic heterocycles. The number of carbonyl (C=O) groups excluding carboxylic acids is 1. The predicted molar refractivity (Wildman–Crippen MR) is 88.8 cm³/mol. The quantitative estimate of drug-likeness (QED) is 0.901. The third-order valence-corrected chi connectivity index (χ3v) is 5.55. The minimum absolute atomic E-state index is 0.0490. The monoisotopic (exact) mass is 332 g/mol. The van der Waals surface area contributed by atoms with E-state index in [1.54, 1.807) is 6.07 Å². The van der Waals surface area contributed by atoms with Crippen LogP contribution in [0.4, 0.5) is 4.39 Å². The van der Waals surface area contributed by atoms with Crippen molar-refractivity contribution < 1.29 is 13.9 Å². The number of carbonyl (C=O) groups is 1. The summed E-state index contributed by atoms with van der Waals surface area (Å²) in [5, 5.41) is 3.03.